The summed E-state index contributed by atoms with van der Waals surface area (Å²) >= 11 is 0. The highest BCUT2D eigenvalue weighted by Crippen LogP contribution is 2.67. The standard InChI is InChI=1S/C18H13F17O4S2/c19-11(20,13(23,24)15(27,28)17(31,32)33)12(21,22)14(25,26)16(29,30)18(34,35)41(37,38)39-40(7-1-2-8-40)10-5-3-9(36)4-6-10/h3-6,36H,1-2,7-8H2. The third-order valence-corrected chi connectivity index (χ3v) is 11.4. The van der Waals surface area contributed by atoms with E-state index in [0.717, 1.165) is 24.3 Å². The van der Waals surface area contributed by atoms with Gasteiger partial charge >= 0.3 is 57.1 Å². The van der Waals surface area contributed by atoms with Crippen molar-refractivity contribution in [3.8, 4) is 5.75 Å². The lowest BCUT2D eigenvalue weighted by Crippen LogP contribution is -2.75. The molecule has 240 valence electrons. The molecule has 0 saturated carbocycles. The zero-order valence-corrected chi connectivity index (χ0v) is 20.7. The molecule has 0 spiro atoms. The molecule has 1 aliphatic rings. The van der Waals surface area contributed by atoms with Gasteiger partial charge in [-0.1, -0.05) is 10.3 Å². The Hall–Kier alpha value is -1.91. The van der Waals surface area contributed by atoms with Crippen molar-refractivity contribution in [2.75, 3.05) is 11.5 Å². The zero-order valence-electron chi connectivity index (χ0n) is 19.1. The molecule has 1 aliphatic heterocycles. The molecule has 1 aromatic carbocycles. The van der Waals surface area contributed by atoms with Crippen molar-refractivity contribution in [2.24, 2.45) is 0 Å². The highest BCUT2D eigenvalue weighted by molar-refractivity contribution is 8.33. The summed E-state index contributed by atoms with van der Waals surface area (Å²) in [5, 5.41) is 1.56. The quantitative estimate of drug-likeness (QED) is 0.259. The Bertz CT molecular complexity index is 1220. The molecule has 0 radical (unpaired) electrons. The molecule has 1 saturated heterocycles. The Labute approximate surface area is 219 Å². The number of halogens is 17. The van der Waals surface area contributed by atoms with Gasteiger partial charge in [-0.3, -0.25) is 0 Å². The summed E-state index contributed by atoms with van der Waals surface area (Å²) in [4.78, 5) is -0.423. The average molecular weight is 680 g/mol. The minimum atomic E-state index is -8.91. The molecule has 1 heterocycles. The molecule has 0 unspecified atom stereocenters. The molecule has 0 atom stereocenters. The van der Waals surface area contributed by atoms with E-state index in [4.69, 9.17) is 0 Å². The Morgan fingerprint density at radius 2 is 0.927 bits per heavy atom. The van der Waals surface area contributed by atoms with Crippen LogP contribution in [-0.2, 0) is 13.7 Å². The smallest absolute Gasteiger partial charge is 0.460 e. The van der Waals surface area contributed by atoms with E-state index < -0.39 is 89.5 Å². The van der Waals surface area contributed by atoms with Crippen LogP contribution < -0.4 is 0 Å². The zero-order chi connectivity index (χ0) is 32.5. The lowest BCUT2D eigenvalue weighted by molar-refractivity contribution is -0.458. The normalized spacial score (nSPS) is 19.3. The molecule has 2 rings (SSSR count). The van der Waals surface area contributed by atoms with Gasteiger partial charge in [0.15, 0.2) is 0 Å². The van der Waals surface area contributed by atoms with Gasteiger partial charge in [0.1, 0.15) is 5.75 Å². The van der Waals surface area contributed by atoms with Gasteiger partial charge in [-0.25, -0.2) is 3.63 Å². The predicted molar refractivity (Wildman–Crippen MR) is 104 cm³/mol. The second-order valence-electron chi connectivity index (χ2n) is 8.40. The van der Waals surface area contributed by atoms with Crippen LogP contribution in [0.25, 0.3) is 0 Å². The number of phenols is 1. The van der Waals surface area contributed by atoms with Gasteiger partial charge in [-0.05, 0) is 37.1 Å². The first-order valence-electron chi connectivity index (χ1n) is 10.2. The monoisotopic (exact) mass is 680 g/mol. The topological polar surface area (TPSA) is 63.6 Å². The summed E-state index contributed by atoms with van der Waals surface area (Å²) < 4.78 is 258. The molecule has 4 nitrogen and oxygen atoms in total. The summed E-state index contributed by atoms with van der Waals surface area (Å²) in [6.07, 6.45) is -8.10. The van der Waals surface area contributed by atoms with Crippen molar-refractivity contribution in [3.63, 3.8) is 0 Å². The maximum Gasteiger partial charge on any atom is 0.460 e. The van der Waals surface area contributed by atoms with Gasteiger partial charge in [0.05, 0.1) is 0 Å². The SMILES string of the molecule is O=S(=O)(OS1(c2ccc(O)cc2)CCCC1)C(F)(F)C(F)(F)C(F)(F)C(F)(F)C(F)(F)C(F)(F)C(F)(F)C(F)(F)F. The van der Waals surface area contributed by atoms with Crippen LogP contribution in [0.5, 0.6) is 5.75 Å². The van der Waals surface area contributed by atoms with E-state index in [0.29, 0.717) is 0 Å². The van der Waals surface area contributed by atoms with E-state index in [1.165, 1.54) is 0 Å². The first-order chi connectivity index (χ1) is 17.9. The number of hydrogen-bond acceptors (Lipinski definition) is 4. The predicted octanol–water partition coefficient (Wildman–Crippen LogP) is 7.58. The van der Waals surface area contributed by atoms with Crippen molar-refractivity contribution >= 4 is 20.4 Å². The molecule has 1 aromatic rings. The maximum absolute atomic E-state index is 14.5. The molecular weight excluding hydrogens is 667 g/mol. The third-order valence-electron chi connectivity index (χ3n) is 5.69. The fourth-order valence-corrected chi connectivity index (χ4v) is 8.99. The van der Waals surface area contributed by atoms with Crippen LogP contribution in [0.1, 0.15) is 12.8 Å². The number of phenolic OH excluding ortho intramolecular Hbond substituents is 1. The molecule has 41 heavy (non-hydrogen) atoms. The highest BCUT2D eigenvalue weighted by atomic mass is 32.3. The van der Waals surface area contributed by atoms with Gasteiger partial charge in [0, 0.05) is 16.4 Å². The summed E-state index contributed by atoms with van der Waals surface area (Å²) in [5.74, 6) is -53.7. The van der Waals surface area contributed by atoms with Crippen LogP contribution in [0.2, 0.25) is 0 Å². The van der Waals surface area contributed by atoms with E-state index in [1.54, 1.807) is 0 Å². The second kappa shape index (κ2) is 9.81. The summed E-state index contributed by atoms with van der Waals surface area (Å²) in [6.45, 7) is 0. The minimum absolute atomic E-state index is 0.101. The summed E-state index contributed by atoms with van der Waals surface area (Å²) in [7, 11) is -11.4. The van der Waals surface area contributed by atoms with E-state index in [2.05, 4.69) is 3.63 Å². The fourth-order valence-electron chi connectivity index (χ4n) is 3.33. The number of hydrogen-bond donors (Lipinski definition) is 1. The van der Waals surface area contributed by atoms with Gasteiger partial charge < -0.3 is 5.11 Å². The van der Waals surface area contributed by atoms with E-state index in [-0.39, 0.29) is 12.8 Å². The number of benzene rings is 1. The van der Waals surface area contributed by atoms with Crippen LogP contribution in [0.3, 0.4) is 0 Å². The molecule has 0 amide bonds. The average Bonchev–Trinajstić information content (AvgIpc) is 3.26. The Balaban J connectivity index is 2.64. The fraction of sp³-hybridized carbons (Fsp3) is 0.667. The van der Waals surface area contributed by atoms with Crippen LogP contribution >= 0.6 is 10.3 Å². The van der Waals surface area contributed by atoms with Crippen LogP contribution in [0.15, 0.2) is 29.2 Å². The van der Waals surface area contributed by atoms with Gasteiger partial charge in [-0.2, -0.15) is 83.1 Å². The summed E-state index contributed by atoms with van der Waals surface area (Å²) in [6, 6.07) is 3.18. The van der Waals surface area contributed by atoms with Gasteiger partial charge in [0.2, 0.25) is 0 Å². The number of aromatic hydroxyl groups is 1. The lowest BCUT2D eigenvalue weighted by atomic mass is 9.91. The minimum Gasteiger partial charge on any atom is -0.508 e. The van der Waals surface area contributed by atoms with E-state index in [1.807, 2.05) is 0 Å². The number of rotatable bonds is 10. The molecule has 0 aromatic heterocycles. The van der Waals surface area contributed by atoms with Crippen molar-refractivity contribution in [1.29, 1.82) is 0 Å². The Morgan fingerprint density at radius 3 is 1.29 bits per heavy atom. The molecule has 0 aliphatic carbocycles. The Morgan fingerprint density at radius 1 is 0.585 bits per heavy atom. The molecular formula is C18H13F17O4S2. The van der Waals surface area contributed by atoms with Gasteiger partial charge in [0.25, 0.3) is 0 Å². The van der Waals surface area contributed by atoms with Crippen molar-refractivity contribution in [2.45, 2.75) is 64.7 Å². The first kappa shape index (κ1) is 35.3. The van der Waals surface area contributed by atoms with Gasteiger partial charge in [-0.15, -0.1) is 0 Å². The highest BCUT2D eigenvalue weighted by Gasteiger charge is 2.96. The molecule has 1 fully saturated rings. The molecule has 1 N–H and O–H groups in total. The first-order valence-corrected chi connectivity index (χ1v) is 13.5. The third kappa shape index (κ3) is 4.85. The second-order valence-corrected chi connectivity index (χ2v) is 13.3. The van der Waals surface area contributed by atoms with E-state index >= 15 is 0 Å². The largest absolute Gasteiger partial charge is 0.508 e. The van der Waals surface area contributed by atoms with Crippen molar-refractivity contribution in [1.82, 2.24) is 0 Å². The van der Waals surface area contributed by atoms with Crippen LogP contribution in [0.4, 0.5) is 74.6 Å². The molecule has 0 bridgehead atoms. The number of alkyl halides is 17. The maximum atomic E-state index is 14.5. The van der Waals surface area contributed by atoms with Crippen molar-refractivity contribution in [3.05, 3.63) is 24.3 Å². The lowest BCUT2D eigenvalue weighted by Gasteiger charge is -2.43. The van der Waals surface area contributed by atoms with Crippen LogP contribution in [-0.4, -0.2) is 72.0 Å². The van der Waals surface area contributed by atoms with Crippen molar-refractivity contribution < 1.29 is 91.8 Å². The summed E-state index contributed by atoms with van der Waals surface area (Å²) in [5.41, 5.74) is 0. The Kier molecular flexibility index (Phi) is 8.44. The van der Waals surface area contributed by atoms with Crippen LogP contribution in [0, 0.1) is 0 Å². The van der Waals surface area contributed by atoms with E-state index in [9.17, 15) is 88.2 Å². The molecule has 23 heteroatoms.